The highest BCUT2D eigenvalue weighted by Crippen LogP contribution is 2.34. The molecule has 112 valence electrons. The first-order chi connectivity index (χ1) is 10.1. The number of aliphatic carboxylic acids is 1. The molecule has 1 heterocycles. The second-order valence-corrected chi connectivity index (χ2v) is 6.70. The van der Waals surface area contributed by atoms with E-state index in [-0.39, 0.29) is 5.75 Å². The summed E-state index contributed by atoms with van der Waals surface area (Å²) in [5, 5.41) is 9.73. The van der Waals surface area contributed by atoms with Crippen LogP contribution in [0.1, 0.15) is 31.2 Å². The number of fused-ring (bicyclic) bond motifs is 1. The minimum Gasteiger partial charge on any atom is -0.481 e. The molecule has 1 aliphatic rings. The molecule has 0 amide bonds. The normalized spacial score (nSPS) is 14.7. The van der Waals surface area contributed by atoms with Crippen molar-refractivity contribution < 1.29 is 9.90 Å². The molecule has 4 nitrogen and oxygen atoms in total. The third-order valence-electron chi connectivity index (χ3n) is 3.95. The average Bonchev–Trinajstić information content (AvgIpc) is 3.18. The average molecular weight is 304 g/mol. The predicted molar refractivity (Wildman–Crippen MR) is 84.8 cm³/mol. The lowest BCUT2D eigenvalue weighted by molar-refractivity contribution is -0.133. The largest absolute Gasteiger partial charge is 0.481 e. The van der Waals surface area contributed by atoms with Gasteiger partial charge in [-0.25, -0.2) is 4.98 Å². The molecule has 1 fully saturated rings. The first kappa shape index (κ1) is 14.4. The zero-order valence-corrected chi connectivity index (χ0v) is 13.0. The summed E-state index contributed by atoms with van der Waals surface area (Å²) in [6.07, 6.45) is 5.17. The van der Waals surface area contributed by atoms with Crippen LogP contribution in [-0.2, 0) is 11.3 Å². The molecule has 5 heteroatoms. The van der Waals surface area contributed by atoms with E-state index in [1.54, 1.807) is 0 Å². The summed E-state index contributed by atoms with van der Waals surface area (Å²) in [6.45, 7) is 3.02. The second kappa shape index (κ2) is 6.10. The van der Waals surface area contributed by atoms with E-state index in [1.807, 2.05) is 12.1 Å². The molecular weight excluding hydrogens is 284 g/mol. The third kappa shape index (κ3) is 3.40. The minimum atomic E-state index is -0.798. The molecule has 2 aromatic rings. The number of benzene rings is 1. The Hall–Kier alpha value is -1.49. The van der Waals surface area contributed by atoms with Crippen molar-refractivity contribution in [3.8, 4) is 0 Å². The van der Waals surface area contributed by atoms with E-state index in [4.69, 9.17) is 5.11 Å². The minimum absolute atomic E-state index is 0.0605. The smallest absolute Gasteiger partial charge is 0.313 e. The number of rotatable bonds is 7. The number of hydrogen-bond acceptors (Lipinski definition) is 3. The number of imidazole rings is 1. The Kier molecular flexibility index (Phi) is 4.19. The van der Waals surface area contributed by atoms with Crippen LogP contribution in [0.2, 0.25) is 0 Å². The molecule has 21 heavy (non-hydrogen) atoms. The summed E-state index contributed by atoms with van der Waals surface area (Å²) >= 11 is 1.32. The van der Waals surface area contributed by atoms with E-state index in [1.165, 1.54) is 36.6 Å². The molecular formula is C16H20N2O2S. The van der Waals surface area contributed by atoms with Crippen molar-refractivity contribution >= 4 is 28.8 Å². The van der Waals surface area contributed by atoms with Gasteiger partial charge in [0.15, 0.2) is 5.16 Å². The van der Waals surface area contributed by atoms with E-state index >= 15 is 0 Å². The highest BCUT2D eigenvalue weighted by Gasteiger charge is 2.21. The molecule has 0 aliphatic heterocycles. The Morgan fingerprint density at radius 2 is 2.29 bits per heavy atom. The number of thioether (sulfide) groups is 1. The lowest BCUT2D eigenvalue weighted by atomic mass is 10.2. The molecule has 0 atom stereocenters. The van der Waals surface area contributed by atoms with Crippen LogP contribution in [0.3, 0.4) is 0 Å². The number of carbonyl (C=O) groups is 1. The third-order valence-corrected chi connectivity index (χ3v) is 4.91. The van der Waals surface area contributed by atoms with E-state index in [0.717, 1.165) is 35.1 Å². The number of carboxylic acids is 1. The molecule has 1 N–H and O–H groups in total. The van der Waals surface area contributed by atoms with Crippen molar-refractivity contribution in [2.24, 2.45) is 5.92 Å². The van der Waals surface area contributed by atoms with Gasteiger partial charge in [-0.05, 0) is 37.3 Å². The van der Waals surface area contributed by atoms with Crippen molar-refractivity contribution in [2.45, 2.75) is 44.3 Å². The molecule has 0 bridgehead atoms. The fourth-order valence-electron chi connectivity index (χ4n) is 2.73. The van der Waals surface area contributed by atoms with Crippen LogP contribution in [0.25, 0.3) is 11.0 Å². The van der Waals surface area contributed by atoms with Crippen LogP contribution >= 0.6 is 11.8 Å². The number of para-hydroxylation sites is 1. The number of aromatic nitrogens is 2. The molecule has 1 aliphatic carbocycles. The Morgan fingerprint density at radius 3 is 3.00 bits per heavy atom. The van der Waals surface area contributed by atoms with Gasteiger partial charge in [-0.15, -0.1) is 0 Å². The molecule has 0 spiro atoms. The van der Waals surface area contributed by atoms with Gasteiger partial charge < -0.3 is 9.67 Å². The number of hydrogen-bond donors (Lipinski definition) is 1. The lowest BCUT2D eigenvalue weighted by Gasteiger charge is -2.09. The van der Waals surface area contributed by atoms with Gasteiger partial charge in [0.2, 0.25) is 0 Å². The van der Waals surface area contributed by atoms with E-state index in [0.29, 0.717) is 0 Å². The van der Waals surface area contributed by atoms with Crippen molar-refractivity contribution in [1.29, 1.82) is 0 Å². The topological polar surface area (TPSA) is 55.1 Å². The first-order valence-corrected chi connectivity index (χ1v) is 8.44. The zero-order chi connectivity index (χ0) is 14.8. The van der Waals surface area contributed by atoms with Crippen LogP contribution in [0, 0.1) is 12.8 Å². The highest BCUT2D eigenvalue weighted by atomic mass is 32.2. The van der Waals surface area contributed by atoms with Crippen molar-refractivity contribution in [1.82, 2.24) is 9.55 Å². The summed E-state index contributed by atoms with van der Waals surface area (Å²) in [5.41, 5.74) is 3.32. The molecule has 0 unspecified atom stereocenters. The van der Waals surface area contributed by atoms with Crippen LogP contribution in [0.4, 0.5) is 0 Å². The molecule has 0 saturated heterocycles. The van der Waals surface area contributed by atoms with E-state index in [9.17, 15) is 4.79 Å². The Bertz CT molecular complexity index is 662. The molecule has 1 aromatic heterocycles. The predicted octanol–water partition coefficient (Wildman–Crippen LogP) is 3.71. The fraction of sp³-hybridized carbons (Fsp3) is 0.500. The first-order valence-electron chi connectivity index (χ1n) is 7.45. The van der Waals surface area contributed by atoms with Crippen molar-refractivity contribution in [3.05, 3.63) is 23.8 Å². The number of aryl methyl sites for hydroxylation is 2. The van der Waals surface area contributed by atoms with Crippen LogP contribution in [0.15, 0.2) is 23.4 Å². The zero-order valence-electron chi connectivity index (χ0n) is 12.2. The quantitative estimate of drug-likeness (QED) is 0.792. The monoisotopic (exact) mass is 304 g/mol. The van der Waals surface area contributed by atoms with E-state index < -0.39 is 5.97 Å². The Morgan fingerprint density at radius 1 is 1.48 bits per heavy atom. The van der Waals surface area contributed by atoms with Gasteiger partial charge in [0, 0.05) is 6.54 Å². The van der Waals surface area contributed by atoms with Gasteiger partial charge in [-0.3, -0.25) is 4.79 Å². The van der Waals surface area contributed by atoms with Crippen molar-refractivity contribution in [3.63, 3.8) is 0 Å². The lowest BCUT2D eigenvalue weighted by Crippen LogP contribution is -2.04. The van der Waals surface area contributed by atoms with Gasteiger partial charge in [0.25, 0.3) is 0 Å². The fourth-order valence-corrected chi connectivity index (χ4v) is 3.49. The summed E-state index contributed by atoms with van der Waals surface area (Å²) in [6, 6.07) is 6.10. The van der Waals surface area contributed by atoms with Gasteiger partial charge in [-0.2, -0.15) is 0 Å². The SMILES string of the molecule is Cc1cccc2nc(SCC(=O)O)n(CCCC3CC3)c12. The van der Waals surface area contributed by atoms with Gasteiger partial charge >= 0.3 is 5.97 Å². The van der Waals surface area contributed by atoms with Crippen LogP contribution in [0.5, 0.6) is 0 Å². The van der Waals surface area contributed by atoms with Gasteiger partial charge in [-0.1, -0.05) is 36.7 Å². The maximum Gasteiger partial charge on any atom is 0.313 e. The molecule has 1 aromatic carbocycles. The van der Waals surface area contributed by atoms with E-state index in [2.05, 4.69) is 22.5 Å². The maximum atomic E-state index is 10.8. The van der Waals surface area contributed by atoms with Crippen molar-refractivity contribution in [2.75, 3.05) is 5.75 Å². The number of nitrogens with zero attached hydrogens (tertiary/aromatic N) is 2. The summed E-state index contributed by atoms with van der Waals surface area (Å²) in [7, 11) is 0. The number of carboxylic acid groups (broad SMARTS) is 1. The molecule has 3 rings (SSSR count). The summed E-state index contributed by atoms with van der Waals surface area (Å²) < 4.78 is 2.21. The second-order valence-electron chi connectivity index (χ2n) is 5.76. The van der Waals surface area contributed by atoms with Crippen LogP contribution in [-0.4, -0.2) is 26.4 Å². The standard InChI is InChI=1S/C16H20N2O2S/c1-11-4-2-6-13-15(11)18(9-3-5-12-7-8-12)16(17-13)21-10-14(19)20/h2,4,6,12H,3,5,7-10H2,1H3,(H,19,20). The van der Waals surface area contributed by atoms with Gasteiger partial charge in [0.1, 0.15) is 0 Å². The summed E-state index contributed by atoms with van der Waals surface area (Å²) in [4.78, 5) is 15.4. The summed E-state index contributed by atoms with van der Waals surface area (Å²) in [5.74, 6) is 0.190. The molecule has 0 radical (unpaired) electrons. The molecule has 1 saturated carbocycles. The maximum absolute atomic E-state index is 10.8. The van der Waals surface area contributed by atoms with Crippen LogP contribution < -0.4 is 0 Å². The Labute approximate surface area is 128 Å². The Balaban J connectivity index is 1.86. The highest BCUT2D eigenvalue weighted by molar-refractivity contribution is 7.99. The van der Waals surface area contributed by atoms with Gasteiger partial charge in [0.05, 0.1) is 16.8 Å².